The van der Waals surface area contributed by atoms with E-state index in [1.54, 1.807) is 60.7 Å². The van der Waals surface area contributed by atoms with E-state index in [4.69, 9.17) is 23.2 Å². The molecule has 0 aliphatic carbocycles. The van der Waals surface area contributed by atoms with Gasteiger partial charge in [0, 0.05) is 27.6 Å². The number of amides is 2. The zero-order chi connectivity index (χ0) is 23.5. The molecule has 3 aromatic carbocycles. The highest BCUT2D eigenvalue weighted by atomic mass is 35.5. The molecule has 4 rings (SSSR count). The Kier molecular flexibility index (Phi) is 6.96. The number of anilines is 1. The van der Waals surface area contributed by atoms with Gasteiger partial charge in [0.25, 0.3) is 0 Å². The molecule has 0 radical (unpaired) electrons. The number of likely N-dealkylation sites (tertiary alicyclic amines) is 1. The van der Waals surface area contributed by atoms with Crippen LogP contribution in [0.25, 0.3) is 11.1 Å². The molecule has 2 amide bonds. The van der Waals surface area contributed by atoms with Crippen molar-refractivity contribution in [3.8, 4) is 11.1 Å². The van der Waals surface area contributed by atoms with Crippen molar-refractivity contribution >= 4 is 40.7 Å². The van der Waals surface area contributed by atoms with Crippen LogP contribution in [0.5, 0.6) is 0 Å². The summed E-state index contributed by atoms with van der Waals surface area (Å²) in [7, 11) is 0. The van der Waals surface area contributed by atoms with Crippen LogP contribution in [0.1, 0.15) is 12.0 Å². The number of hydrogen-bond acceptors (Lipinski definition) is 2. The largest absolute Gasteiger partial charge is 0.327 e. The highest BCUT2D eigenvalue weighted by molar-refractivity contribution is 6.33. The first-order chi connectivity index (χ1) is 15.8. The summed E-state index contributed by atoms with van der Waals surface area (Å²) in [6.07, 6.45) is -1.52. The monoisotopic (exact) mass is 488 g/mol. The van der Waals surface area contributed by atoms with Gasteiger partial charge in [0.05, 0.1) is 18.7 Å². The maximum absolute atomic E-state index is 15.2. The molecule has 1 N–H and O–H groups in total. The first-order valence-electron chi connectivity index (χ1n) is 10.4. The highest BCUT2D eigenvalue weighted by Crippen LogP contribution is 2.33. The van der Waals surface area contributed by atoms with Crippen LogP contribution in [0.3, 0.4) is 0 Å². The van der Waals surface area contributed by atoms with Crippen molar-refractivity contribution in [2.24, 2.45) is 0 Å². The summed E-state index contributed by atoms with van der Waals surface area (Å²) in [4.78, 5) is 27.0. The summed E-state index contributed by atoms with van der Waals surface area (Å²) in [5, 5.41) is 3.37. The number of carbonyl (C=O) groups is 2. The summed E-state index contributed by atoms with van der Waals surface area (Å²) < 4.78 is 29.4. The van der Waals surface area contributed by atoms with E-state index in [0.717, 1.165) is 0 Å². The van der Waals surface area contributed by atoms with E-state index in [1.165, 1.54) is 11.0 Å². The van der Waals surface area contributed by atoms with Crippen LogP contribution in [-0.4, -0.2) is 35.5 Å². The molecule has 1 fully saturated rings. The van der Waals surface area contributed by atoms with Gasteiger partial charge in [-0.1, -0.05) is 65.7 Å². The predicted molar refractivity (Wildman–Crippen MR) is 126 cm³/mol. The van der Waals surface area contributed by atoms with E-state index < -0.39 is 29.8 Å². The maximum atomic E-state index is 15.2. The number of benzene rings is 3. The number of nitrogens with one attached hydrogen (secondary N) is 1. The van der Waals surface area contributed by atoms with Crippen molar-refractivity contribution in [3.63, 3.8) is 0 Å². The third-order valence-corrected chi connectivity index (χ3v) is 6.10. The second kappa shape index (κ2) is 9.89. The molecule has 2 atom stereocenters. The Morgan fingerprint density at radius 3 is 2.48 bits per heavy atom. The van der Waals surface area contributed by atoms with Gasteiger partial charge < -0.3 is 10.2 Å². The zero-order valence-electron chi connectivity index (χ0n) is 17.4. The molecule has 0 bridgehead atoms. The number of rotatable bonds is 5. The van der Waals surface area contributed by atoms with Crippen LogP contribution in [-0.2, 0) is 16.0 Å². The minimum absolute atomic E-state index is 0.0204. The maximum Gasteiger partial charge on any atom is 0.247 e. The van der Waals surface area contributed by atoms with Crippen molar-refractivity contribution in [2.45, 2.75) is 25.1 Å². The molecule has 170 valence electrons. The first kappa shape index (κ1) is 23.2. The van der Waals surface area contributed by atoms with Crippen LogP contribution in [0, 0.1) is 5.82 Å². The van der Waals surface area contributed by atoms with Crippen LogP contribution in [0.4, 0.5) is 14.5 Å². The standard InChI is InChI=1S/C25H20Cl2F2N2O2/c26-16-6-3-5-15(11-16)12-23(32)31-14-17(28)13-22(31)25(33)30-21-10-4-8-19(24(21)29)18-7-1-2-9-20(18)27/h1-11,17,22H,12-14H2,(H,30,33)/t17-,22+/m1/s1. The average Bonchev–Trinajstić information content (AvgIpc) is 3.18. The lowest BCUT2D eigenvalue weighted by molar-refractivity contribution is -0.136. The van der Waals surface area contributed by atoms with E-state index in [0.29, 0.717) is 21.2 Å². The molecule has 8 heteroatoms. The molecule has 4 nitrogen and oxygen atoms in total. The van der Waals surface area contributed by atoms with Crippen LogP contribution >= 0.6 is 23.2 Å². The summed E-state index contributed by atoms with van der Waals surface area (Å²) >= 11 is 12.2. The number of carbonyl (C=O) groups excluding carboxylic acids is 2. The molecule has 1 heterocycles. The van der Waals surface area contributed by atoms with E-state index in [9.17, 15) is 14.0 Å². The quantitative estimate of drug-likeness (QED) is 0.484. The lowest BCUT2D eigenvalue weighted by Crippen LogP contribution is -2.44. The molecule has 1 aliphatic rings. The van der Waals surface area contributed by atoms with E-state index in [2.05, 4.69) is 5.32 Å². The molecule has 0 aromatic heterocycles. The Morgan fingerprint density at radius 2 is 1.73 bits per heavy atom. The molecule has 0 spiro atoms. The van der Waals surface area contributed by atoms with E-state index in [-0.39, 0.29) is 30.6 Å². The van der Waals surface area contributed by atoms with Gasteiger partial charge in [0.2, 0.25) is 11.8 Å². The van der Waals surface area contributed by atoms with Gasteiger partial charge in [0.1, 0.15) is 12.2 Å². The molecule has 3 aromatic rings. The second-order valence-corrected chi connectivity index (χ2v) is 8.68. The fourth-order valence-electron chi connectivity index (χ4n) is 3.96. The first-order valence-corrected chi connectivity index (χ1v) is 11.1. The zero-order valence-corrected chi connectivity index (χ0v) is 18.9. The predicted octanol–water partition coefficient (Wildman–Crippen LogP) is 5.92. The minimum atomic E-state index is -1.34. The molecular formula is C25H20Cl2F2N2O2. The van der Waals surface area contributed by atoms with Gasteiger partial charge >= 0.3 is 0 Å². The molecular weight excluding hydrogens is 469 g/mol. The third-order valence-electron chi connectivity index (χ3n) is 5.54. The Balaban J connectivity index is 1.53. The topological polar surface area (TPSA) is 49.4 Å². The summed E-state index contributed by atoms with van der Waals surface area (Å²) in [6.45, 7) is -0.195. The SMILES string of the molecule is O=C(Nc1cccc(-c2ccccc2Cl)c1F)[C@@H]1C[C@@H](F)CN1C(=O)Cc1cccc(Cl)c1. The molecule has 1 aliphatic heterocycles. The summed E-state index contributed by atoms with van der Waals surface area (Å²) in [5.74, 6) is -1.71. The van der Waals surface area contributed by atoms with E-state index >= 15 is 4.39 Å². The molecule has 0 saturated carbocycles. The molecule has 33 heavy (non-hydrogen) atoms. The normalized spacial score (nSPS) is 17.8. The van der Waals surface area contributed by atoms with Crippen molar-refractivity contribution < 1.29 is 18.4 Å². The van der Waals surface area contributed by atoms with Crippen molar-refractivity contribution in [2.75, 3.05) is 11.9 Å². The summed E-state index contributed by atoms with van der Waals surface area (Å²) in [6, 6.07) is 17.1. The van der Waals surface area contributed by atoms with Crippen molar-refractivity contribution in [1.29, 1.82) is 0 Å². The van der Waals surface area contributed by atoms with Gasteiger partial charge in [0.15, 0.2) is 5.82 Å². The average molecular weight is 489 g/mol. The minimum Gasteiger partial charge on any atom is -0.327 e. The van der Waals surface area contributed by atoms with Gasteiger partial charge in [-0.05, 0) is 29.8 Å². The highest BCUT2D eigenvalue weighted by Gasteiger charge is 2.40. The smallest absolute Gasteiger partial charge is 0.247 e. The number of halogens is 4. The lowest BCUT2D eigenvalue weighted by Gasteiger charge is -2.24. The second-order valence-electron chi connectivity index (χ2n) is 7.84. The van der Waals surface area contributed by atoms with Gasteiger partial charge in [-0.3, -0.25) is 9.59 Å². The van der Waals surface area contributed by atoms with Crippen LogP contribution in [0.15, 0.2) is 66.7 Å². The number of hydrogen-bond donors (Lipinski definition) is 1. The fourth-order valence-corrected chi connectivity index (χ4v) is 4.41. The third kappa shape index (κ3) is 5.18. The summed E-state index contributed by atoms with van der Waals surface area (Å²) in [5.41, 5.74) is 1.30. The molecule has 0 unspecified atom stereocenters. The number of alkyl halides is 1. The Hall–Kier alpha value is -2.96. The lowest BCUT2D eigenvalue weighted by atomic mass is 10.0. The van der Waals surface area contributed by atoms with Gasteiger partial charge in [-0.15, -0.1) is 0 Å². The Bertz CT molecular complexity index is 1200. The molecule has 1 saturated heterocycles. The van der Waals surface area contributed by atoms with Crippen LogP contribution < -0.4 is 5.32 Å². The van der Waals surface area contributed by atoms with Crippen molar-refractivity contribution in [3.05, 3.63) is 88.2 Å². The van der Waals surface area contributed by atoms with Gasteiger partial charge in [-0.2, -0.15) is 0 Å². The fraction of sp³-hybridized carbons (Fsp3) is 0.200. The number of nitrogens with zero attached hydrogens (tertiary/aromatic N) is 1. The van der Waals surface area contributed by atoms with E-state index in [1.807, 2.05) is 0 Å². The Labute approximate surface area is 200 Å². The van der Waals surface area contributed by atoms with Crippen molar-refractivity contribution in [1.82, 2.24) is 4.90 Å². The van der Waals surface area contributed by atoms with Gasteiger partial charge in [-0.25, -0.2) is 8.78 Å². The Morgan fingerprint density at radius 1 is 1.00 bits per heavy atom. The van der Waals surface area contributed by atoms with Crippen LogP contribution in [0.2, 0.25) is 10.0 Å².